The van der Waals surface area contributed by atoms with Gasteiger partial charge in [-0.05, 0) is 57.1 Å². The topological polar surface area (TPSA) is 29.3 Å². The van der Waals surface area contributed by atoms with E-state index in [9.17, 15) is 0 Å². The number of hydrogen-bond donors (Lipinski definition) is 1. The van der Waals surface area contributed by atoms with Crippen LogP contribution in [0.25, 0.3) is 0 Å². The van der Waals surface area contributed by atoms with Gasteiger partial charge in [0.2, 0.25) is 0 Å². The molecule has 1 fully saturated rings. The number of hydrogen-bond acceptors (Lipinski definition) is 2. The first kappa shape index (κ1) is 16.4. The normalized spacial score (nSPS) is 25.4. The summed E-state index contributed by atoms with van der Waals surface area (Å²) in [6.07, 6.45) is 6.30. The fraction of sp³-hybridized carbons (Fsp3) is 0.684. The fourth-order valence-corrected chi connectivity index (χ4v) is 3.82. The van der Waals surface area contributed by atoms with E-state index in [-0.39, 0.29) is 5.54 Å². The van der Waals surface area contributed by atoms with Gasteiger partial charge in [-0.1, -0.05) is 38.0 Å². The Morgan fingerprint density at radius 1 is 1.05 bits per heavy atom. The number of anilines is 1. The van der Waals surface area contributed by atoms with Gasteiger partial charge in [-0.3, -0.25) is 0 Å². The summed E-state index contributed by atoms with van der Waals surface area (Å²) in [5.41, 5.74) is 9.54. The molecule has 0 spiro atoms. The summed E-state index contributed by atoms with van der Waals surface area (Å²) in [6.45, 7) is 11.0. The lowest BCUT2D eigenvalue weighted by molar-refractivity contribution is 0.293. The predicted molar refractivity (Wildman–Crippen MR) is 92.9 cm³/mol. The molecule has 2 rings (SSSR count). The Morgan fingerprint density at radius 2 is 1.71 bits per heavy atom. The second-order valence-electron chi connectivity index (χ2n) is 7.53. The van der Waals surface area contributed by atoms with Crippen LogP contribution in [0.2, 0.25) is 0 Å². The summed E-state index contributed by atoms with van der Waals surface area (Å²) in [7, 11) is 0. The third-order valence-corrected chi connectivity index (χ3v) is 5.38. The summed E-state index contributed by atoms with van der Waals surface area (Å²) >= 11 is 0. The first-order valence-electron chi connectivity index (χ1n) is 8.47. The predicted octanol–water partition coefficient (Wildman–Crippen LogP) is 4.51. The molecule has 0 saturated heterocycles. The Bertz CT molecular complexity index is 449. The lowest BCUT2D eigenvalue weighted by atomic mass is 9.82. The van der Waals surface area contributed by atoms with Crippen molar-refractivity contribution in [2.75, 3.05) is 18.0 Å². The maximum Gasteiger partial charge on any atom is 0.0524 e. The molecule has 1 saturated carbocycles. The maximum absolute atomic E-state index is 6.30. The summed E-state index contributed by atoms with van der Waals surface area (Å²) in [5.74, 6) is 0. The second kappa shape index (κ2) is 6.39. The highest BCUT2D eigenvalue weighted by atomic mass is 15.2. The minimum atomic E-state index is 0.137. The number of nitrogens with two attached hydrogens (primary N) is 1. The number of nitrogens with zero attached hydrogens (tertiary/aromatic N) is 1. The van der Waals surface area contributed by atoms with Gasteiger partial charge in [0.15, 0.2) is 0 Å². The molecule has 0 aromatic heterocycles. The van der Waals surface area contributed by atoms with Crippen LogP contribution < -0.4 is 10.6 Å². The van der Waals surface area contributed by atoms with Gasteiger partial charge in [-0.25, -0.2) is 0 Å². The Balaban J connectivity index is 2.30. The zero-order valence-corrected chi connectivity index (χ0v) is 14.3. The van der Waals surface area contributed by atoms with E-state index in [0.717, 1.165) is 13.1 Å². The molecular weight excluding hydrogens is 256 g/mol. The Labute approximate surface area is 130 Å². The minimum absolute atomic E-state index is 0.137. The Hall–Kier alpha value is -1.02. The summed E-state index contributed by atoms with van der Waals surface area (Å²) in [6, 6.07) is 8.93. The van der Waals surface area contributed by atoms with E-state index in [2.05, 4.69) is 56.9 Å². The molecule has 1 aromatic carbocycles. The quantitative estimate of drug-likeness (QED) is 0.826. The van der Waals surface area contributed by atoms with Crippen molar-refractivity contribution in [1.82, 2.24) is 0 Å². The first-order valence-corrected chi connectivity index (χ1v) is 8.47. The second-order valence-corrected chi connectivity index (χ2v) is 7.53. The maximum atomic E-state index is 6.30. The number of aryl methyl sites for hydroxylation is 1. The molecule has 2 nitrogen and oxygen atoms in total. The van der Waals surface area contributed by atoms with Crippen molar-refractivity contribution in [1.29, 1.82) is 0 Å². The number of likely N-dealkylation sites (N-methyl/N-ethyl adjacent to an activating group) is 1. The fourth-order valence-electron chi connectivity index (χ4n) is 3.82. The van der Waals surface area contributed by atoms with Crippen LogP contribution in [-0.2, 0) is 0 Å². The summed E-state index contributed by atoms with van der Waals surface area (Å²) in [4.78, 5) is 2.56. The van der Waals surface area contributed by atoms with Crippen molar-refractivity contribution in [2.24, 2.45) is 11.1 Å². The highest BCUT2D eigenvalue weighted by Gasteiger charge is 2.38. The zero-order valence-electron chi connectivity index (χ0n) is 14.3. The lowest BCUT2D eigenvalue weighted by Crippen LogP contribution is -2.54. The van der Waals surface area contributed by atoms with Gasteiger partial charge in [0.1, 0.15) is 0 Å². The Kier molecular flexibility index (Phi) is 4.98. The molecule has 0 bridgehead atoms. The molecular formula is C19H32N2. The van der Waals surface area contributed by atoms with Crippen molar-refractivity contribution in [2.45, 2.75) is 65.3 Å². The molecule has 1 aliphatic carbocycles. The van der Waals surface area contributed by atoms with E-state index < -0.39 is 0 Å². The third kappa shape index (κ3) is 3.60. The van der Waals surface area contributed by atoms with E-state index in [1.165, 1.54) is 43.4 Å². The number of benzene rings is 1. The van der Waals surface area contributed by atoms with Crippen LogP contribution >= 0.6 is 0 Å². The largest absolute Gasteiger partial charge is 0.365 e. The molecule has 21 heavy (non-hydrogen) atoms. The number of rotatable bonds is 4. The average molecular weight is 288 g/mol. The van der Waals surface area contributed by atoms with Gasteiger partial charge in [0.25, 0.3) is 0 Å². The smallest absolute Gasteiger partial charge is 0.0524 e. The van der Waals surface area contributed by atoms with Crippen molar-refractivity contribution in [3.8, 4) is 0 Å². The van der Waals surface area contributed by atoms with E-state index in [1.54, 1.807) is 0 Å². The summed E-state index contributed by atoms with van der Waals surface area (Å²) in [5, 5.41) is 0. The average Bonchev–Trinajstić information content (AvgIpc) is 2.61. The van der Waals surface area contributed by atoms with Gasteiger partial charge >= 0.3 is 0 Å². The van der Waals surface area contributed by atoms with Crippen LogP contribution in [0.5, 0.6) is 0 Å². The third-order valence-electron chi connectivity index (χ3n) is 5.38. The van der Waals surface area contributed by atoms with E-state index in [0.29, 0.717) is 5.41 Å². The van der Waals surface area contributed by atoms with Gasteiger partial charge in [-0.2, -0.15) is 0 Å². The highest BCUT2D eigenvalue weighted by molar-refractivity contribution is 5.50. The standard InChI is InChI=1S/C19H32N2/c1-5-21(17-9-7-16(2)8-10-17)19(15-20)12-6-11-18(3,4)13-14-19/h7-10H,5-6,11-15,20H2,1-4H3. The molecule has 0 radical (unpaired) electrons. The van der Waals surface area contributed by atoms with Gasteiger partial charge in [0, 0.05) is 18.8 Å². The van der Waals surface area contributed by atoms with E-state index in [4.69, 9.17) is 5.73 Å². The molecule has 0 heterocycles. The first-order chi connectivity index (χ1) is 9.92. The van der Waals surface area contributed by atoms with Crippen LogP contribution in [-0.4, -0.2) is 18.6 Å². The zero-order chi connectivity index (χ0) is 15.5. The molecule has 0 aliphatic heterocycles. The molecule has 1 aromatic rings. The summed E-state index contributed by atoms with van der Waals surface area (Å²) < 4.78 is 0. The van der Waals surface area contributed by atoms with Crippen LogP contribution in [0, 0.1) is 12.3 Å². The van der Waals surface area contributed by atoms with Crippen LogP contribution in [0.3, 0.4) is 0 Å². The van der Waals surface area contributed by atoms with Crippen molar-refractivity contribution < 1.29 is 0 Å². The van der Waals surface area contributed by atoms with E-state index in [1.807, 2.05) is 0 Å². The van der Waals surface area contributed by atoms with Gasteiger partial charge in [-0.15, -0.1) is 0 Å². The lowest BCUT2D eigenvalue weighted by Gasteiger charge is -2.45. The van der Waals surface area contributed by atoms with E-state index >= 15 is 0 Å². The Morgan fingerprint density at radius 3 is 2.29 bits per heavy atom. The van der Waals surface area contributed by atoms with Crippen LogP contribution in [0.4, 0.5) is 5.69 Å². The highest BCUT2D eigenvalue weighted by Crippen LogP contribution is 2.41. The monoisotopic (exact) mass is 288 g/mol. The molecule has 0 amide bonds. The van der Waals surface area contributed by atoms with Gasteiger partial charge < -0.3 is 10.6 Å². The SMILES string of the molecule is CCN(c1ccc(C)cc1)C1(CN)CCCC(C)(C)CC1. The van der Waals surface area contributed by atoms with Crippen LogP contribution in [0.15, 0.2) is 24.3 Å². The molecule has 1 atom stereocenters. The molecule has 2 N–H and O–H groups in total. The molecule has 1 unspecified atom stereocenters. The van der Waals surface area contributed by atoms with Gasteiger partial charge in [0.05, 0.1) is 5.54 Å². The van der Waals surface area contributed by atoms with Crippen molar-refractivity contribution >= 4 is 5.69 Å². The molecule has 118 valence electrons. The van der Waals surface area contributed by atoms with Crippen molar-refractivity contribution in [3.63, 3.8) is 0 Å². The molecule has 1 aliphatic rings. The molecule has 2 heteroatoms. The minimum Gasteiger partial charge on any atom is -0.365 e. The van der Waals surface area contributed by atoms with Crippen molar-refractivity contribution in [3.05, 3.63) is 29.8 Å². The van der Waals surface area contributed by atoms with Crippen LogP contribution in [0.1, 0.15) is 58.4 Å².